The molecule has 0 unspecified atom stereocenters. The first-order chi connectivity index (χ1) is 9.87. The lowest BCUT2D eigenvalue weighted by Gasteiger charge is -2.25. The summed E-state index contributed by atoms with van der Waals surface area (Å²) in [6, 6.07) is 7.97. The van der Waals surface area contributed by atoms with E-state index in [0.717, 1.165) is 22.9 Å². The second kappa shape index (κ2) is 4.83. The number of benzene rings is 1. The first-order valence-electron chi connectivity index (χ1n) is 7.23. The molecule has 1 heterocycles. The number of nitrogens with two attached hydrogens (primary N) is 1. The number of amides is 2. The Morgan fingerprint density at radius 3 is 2.29 bits per heavy atom. The molecule has 1 aromatic rings. The molecule has 1 aliphatic carbocycles. The molecule has 3 rings (SSSR count). The molecule has 1 aromatic carbocycles. The molecule has 0 bridgehead atoms. The number of carbonyl (C=O) groups is 2. The molecule has 4 nitrogen and oxygen atoms in total. The van der Waals surface area contributed by atoms with E-state index in [1.54, 1.807) is 0 Å². The number of halogens is 1. The van der Waals surface area contributed by atoms with Gasteiger partial charge in [0, 0.05) is 17.6 Å². The van der Waals surface area contributed by atoms with E-state index < -0.39 is 5.41 Å². The molecular formula is C16H19BrN2O2. The number of nitrogens with zero attached hydrogens (tertiary/aromatic N) is 1. The topological polar surface area (TPSA) is 63.4 Å². The smallest absolute Gasteiger partial charge is 0.233 e. The summed E-state index contributed by atoms with van der Waals surface area (Å²) in [7, 11) is 0. The number of primary amides is 1. The van der Waals surface area contributed by atoms with Crippen LogP contribution in [0.5, 0.6) is 0 Å². The molecule has 1 atom stereocenters. The Labute approximate surface area is 132 Å². The Hall–Kier alpha value is -1.36. The average molecular weight is 351 g/mol. The molecule has 0 spiro atoms. The van der Waals surface area contributed by atoms with E-state index in [9.17, 15) is 9.59 Å². The van der Waals surface area contributed by atoms with Gasteiger partial charge in [-0.25, -0.2) is 0 Å². The first-order valence-corrected chi connectivity index (χ1v) is 8.02. The standard InChI is InChI=1S/C16H19BrN2O2/c1-15(13(18)20)8-9-19(10-15)14(21)16(6-7-16)11-2-4-12(17)5-3-11/h2-5H,6-10H2,1H3,(H2,18,20)/t15-/m1/s1. The molecule has 0 radical (unpaired) electrons. The second-order valence-electron chi connectivity index (χ2n) is 6.49. The highest BCUT2D eigenvalue weighted by atomic mass is 79.9. The van der Waals surface area contributed by atoms with Gasteiger partial charge in [0.15, 0.2) is 0 Å². The van der Waals surface area contributed by atoms with Crippen LogP contribution < -0.4 is 5.73 Å². The molecule has 1 aliphatic heterocycles. The van der Waals surface area contributed by atoms with E-state index >= 15 is 0 Å². The largest absolute Gasteiger partial charge is 0.369 e. The Morgan fingerprint density at radius 1 is 1.19 bits per heavy atom. The van der Waals surface area contributed by atoms with E-state index in [0.29, 0.717) is 19.5 Å². The van der Waals surface area contributed by atoms with Crippen molar-refractivity contribution >= 4 is 27.7 Å². The normalized spacial score (nSPS) is 26.7. The van der Waals surface area contributed by atoms with Crippen LogP contribution in [0.1, 0.15) is 31.7 Å². The summed E-state index contributed by atoms with van der Waals surface area (Å²) in [6.45, 7) is 2.91. The van der Waals surface area contributed by atoms with Crippen molar-refractivity contribution in [1.82, 2.24) is 4.90 Å². The third kappa shape index (κ3) is 2.37. The summed E-state index contributed by atoms with van der Waals surface area (Å²) >= 11 is 3.42. The van der Waals surface area contributed by atoms with Crippen molar-refractivity contribution in [3.63, 3.8) is 0 Å². The third-order valence-corrected chi connectivity index (χ3v) is 5.44. The summed E-state index contributed by atoms with van der Waals surface area (Å²) in [5, 5.41) is 0. The minimum atomic E-state index is -0.578. The summed E-state index contributed by atoms with van der Waals surface area (Å²) in [6.07, 6.45) is 2.43. The Morgan fingerprint density at radius 2 is 1.81 bits per heavy atom. The molecule has 1 saturated carbocycles. The highest BCUT2D eigenvalue weighted by Crippen LogP contribution is 2.50. The average Bonchev–Trinajstić information content (AvgIpc) is 3.16. The maximum absolute atomic E-state index is 12.9. The molecule has 5 heteroatoms. The Kier molecular flexibility index (Phi) is 3.35. The summed E-state index contributed by atoms with van der Waals surface area (Å²) in [4.78, 5) is 26.2. The molecule has 2 N–H and O–H groups in total. The van der Waals surface area contributed by atoms with Crippen LogP contribution in [-0.2, 0) is 15.0 Å². The lowest BCUT2D eigenvalue weighted by molar-refractivity contribution is -0.134. The van der Waals surface area contributed by atoms with Crippen molar-refractivity contribution in [2.75, 3.05) is 13.1 Å². The van der Waals surface area contributed by atoms with Crippen LogP contribution in [-0.4, -0.2) is 29.8 Å². The fourth-order valence-electron chi connectivity index (χ4n) is 3.16. The minimum Gasteiger partial charge on any atom is -0.369 e. The SMILES string of the molecule is C[C@@]1(C(N)=O)CCN(C(=O)C2(c3ccc(Br)cc3)CC2)C1. The van der Waals surface area contributed by atoms with Gasteiger partial charge in [0.05, 0.1) is 10.8 Å². The number of hydrogen-bond acceptors (Lipinski definition) is 2. The molecule has 0 aromatic heterocycles. The predicted octanol–water partition coefficient (Wildman–Crippen LogP) is 2.20. The molecule has 1 saturated heterocycles. The molecule has 2 fully saturated rings. The van der Waals surface area contributed by atoms with Crippen molar-refractivity contribution in [2.24, 2.45) is 11.1 Å². The van der Waals surface area contributed by atoms with Crippen LogP contribution in [0, 0.1) is 5.41 Å². The number of likely N-dealkylation sites (tertiary alicyclic amines) is 1. The number of carbonyl (C=O) groups excluding carboxylic acids is 2. The van der Waals surface area contributed by atoms with Gasteiger partial charge in [-0.15, -0.1) is 0 Å². The second-order valence-corrected chi connectivity index (χ2v) is 7.41. The van der Waals surface area contributed by atoms with Gasteiger partial charge in [-0.1, -0.05) is 28.1 Å². The van der Waals surface area contributed by atoms with Crippen LogP contribution in [0.3, 0.4) is 0 Å². The zero-order valence-electron chi connectivity index (χ0n) is 12.1. The van der Waals surface area contributed by atoms with Crippen molar-refractivity contribution < 1.29 is 9.59 Å². The zero-order valence-corrected chi connectivity index (χ0v) is 13.6. The van der Waals surface area contributed by atoms with Crippen LogP contribution in [0.4, 0.5) is 0 Å². The number of rotatable bonds is 3. The van der Waals surface area contributed by atoms with E-state index in [1.165, 1.54) is 0 Å². The first kappa shape index (κ1) is 14.6. The molecule has 2 amide bonds. The van der Waals surface area contributed by atoms with Gasteiger partial charge in [-0.2, -0.15) is 0 Å². The van der Waals surface area contributed by atoms with Crippen molar-refractivity contribution in [2.45, 2.75) is 31.6 Å². The third-order valence-electron chi connectivity index (χ3n) is 4.91. The Bertz CT molecular complexity index is 595. The molecule has 2 aliphatic rings. The molecule has 21 heavy (non-hydrogen) atoms. The van der Waals surface area contributed by atoms with Gasteiger partial charge in [-0.3, -0.25) is 9.59 Å². The van der Waals surface area contributed by atoms with Gasteiger partial charge in [-0.05, 0) is 43.9 Å². The van der Waals surface area contributed by atoms with Crippen molar-refractivity contribution in [1.29, 1.82) is 0 Å². The van der Waals surface area contributed by atoms with Crippen molar-refractivity contribution in [3.8, 4) is 0 Å². The monoisotopic (exact) mass is 350 g/mol. The van der Waals surface area contributed by atoms with E-state index in [4.69, 9.17) is 5.73 Å². The van der Waals surface area contributed by atoms with Crippen LogP contribution in [0.2, 0.25) is 0 Å². The molecular weight excluding hydrogens is 332 g/mol. The van der Waals surface area contributed by atoms with E-state index in [1.807, 2.05) is 36.1 Å². The van der Waals surface area contributed by atoms with Crippen LogP contribution >= 0.6 is 15.9 Å². The quantitative estimate of drug-likeness (QED) is 0.908. The van der Waals surface area contributed by atoms with Gasteiger partial charge >= 0.3 is 0 Å². The molecule has 112 valence electrons. The fourth-order valence-corrected chi connectivity index (χ4v) is 3.42. The fraction of sp³-hybridized carbons (Fsp3) is 0.500. The van der Waals surface area contributed by atoms with E-state index in [2.05, 4.69) is 15.9 Å². The van der Waals surface area contributed by atoms with Crippen LogP contribution in [0.25, 0.3) is 0 Å². The predicted molar refractivity (Wildman–Crippen MR) is 83.6 cm³/mol. The lowest BCUT2D eigenvalue weighted by atomic mass is 9.89. The van der Waals surface area contributed by atoms with Crippen molar-refractivity contribution in [3.05, 3.63) is 34.3 Å². The summed E-state index contributed by atoms with van der Waals surface area (Å²) < 4.78 is 1.01. The van der Waals surface area contributed by atoms with E-state index in [-0.39, 0.29) is 17.2 Å². The van der Waals surface area contributed by atoms with Gasteiger partial charge in [0.1, 0.15) is 0 Å². The highest BCUT2D eigenvalue weighted by Gasteiger charge is 2.55. The zero-order chi connectivity index (χ0) is 15.3. The maximum atomic E-state index is 12.9. The summed E-state index contributed by atoms with van der Waals surface area (Å²) in [5.74, 6) is -0.166. The number of hydrogen-bond donors (Lipinski definition) is 1. The Balaban J connectivity index is 1.80. The van der Waals surface area contributed by atoms with Gasteiger partial charge in [0.25, 0.3) is 0 Å². The van der Waals surface area contributed by atoms with Crippen LogP contribution in [0.15, 0.2) is 28.7 Å². The highest BCUT2D eigenvalue weighted by molar-refractivity contribution is 9.10. The lowest BCUT2D eigenvalue weighted by Crippen LogP contribution is -2.42. The minimum absolute atomic E-state index is 0.148. The van der Waals surface area contributed by atoms with Gasteiger partial charge < -0.3 is 10.6 Å². The van der Waals surface area contributed by atoms with Gasteiger partial charge in [0.2, 0.25) is 11.8 Å². The summed E-state index contributed by atoms with van der Waals surface area (Å²) in [5.41, 5.74) is 5.59. The maximum Gasteiger partial charge on any atom is 0.233 e.